The number of unbranched alkanes of at least 4 members (excludes halogenated alkanes) is 14. The fourth-order valence-corrected chi connectivity index (χ4v) is 3.20. The van der Waals surface area contributed by atoms with Gasteiger partial charge < -0.3 is 9.84 Å². The van der Waals surface area contributed by atoms with Gasteiger partial charge in [0.15, 0.2) is 0 Å². The first-order chi connectivity index (χ1) is 13.7. The van der Waals surface area contributed by atoms with Crippen molar-refractivity contribution in [3.05, 3.63) is 30.3 Å². The Morgan fingerprint density at radius 3 is 1.43 bits per heavy atom. The summed E-state index contributed by atoms with van der Waals surface area (Å²) in [6.07, 6.45) is 20.2. The van der Waals surface area contributed by atoms with Crippen LogP contribution in [0.4, 0.5) is 0 Å². The van der Waals surface area contributed by atoms with Gasteiger partial charge in [0.25, 0.3) is 0 Å². The topological polar surface area (TPSA) is 46.5 Å². The highest BCUT2D eigenvalue weighted by molar-refractivity contribution is 5.66. The summed E-state index contributed by atoms with van der Waals surface area (Å²) in [5.74, 6) is 0.257. The lowest BCUT2D eigenvalue weighted by Gasteiger charge is -2.03. The van der Waals surface area contributed by atoms with Crippen LogP contribution in [0.25, 0.3) is 0 Å². The fourth-order valence-electron chi connectivity index (χ4n) is 3.20. The lowest BCUT2D eigenvalue weighted by molar-refractivity contribution is -0.137. The Bertz CT molecular complexity index is 431. The summed E-state index contributed by atoms with van der Waals surface area (Å²) in [6.45, 7) is 2.27. The number of hydrogen-bond acceptors (Lipinski definition) is 2. The third kappa shape index (κ3) is 20.8. The van der Waals surface area contributed by atoms with Gasteiger partial charge in [0.1, 0.15) is 5.75 Å². The molecule has 0 saturated heterocycles. The molecule has 0 bridgehead atoms. The molecule has 1 aromatic carbocycles. The maximum atomic E-state index is 10.3. The van der Waals surface area contributed by atoms with E-state index in [0.29, 0.717) is 6.42 Å². The largest absolute Gasteiger partial charge is 0.497 e. The van der Waals surface area contributed by atoms with Gasteiger partial charge in [-0.3, -0.25) is 4.79 Å². The van der Waals surface area contributed by atoms with Gasteiger partial charge in [-0.25, -0.2) is 0 Å². The van der Waals surface area contributed by atoms with Gasteiger partial charge in [0, 0.05) is 6.42 Å². The van der Waals surface area contributed by atoms with E-state index in [4.69, 9.17) is 9.84 Å². The molecule has 28 heavy (non-hydrogen) atoms. The molecule has 0 atom stereocenters. The fraction of sp³-hybridized carbons (Fsp3) is 0.720. The minimum absolute atomic E-state index is 0.345. The van der Waals surface area contributed by atoms with Gasteiger partial charge in [-0.1, -0.05) is 115 Å². The highest BCUT2D eigenvalue weighted by atomic mass is 16.5. The molecule has 0 aliphatic carbocycles. The second-order valence-corrected chi connectivity index (χ2v) is 7.61. The summed E-state index contributed by atoms with van der Waals surface area (Å²) in [6, 6.07) is 9.68. The van der Waals surface area contributed by atoms with Crippen molar-refractivity contribution in [2.75, 3.05) is 7.11 Å². The SMILES string of the molecule is CCCCCCCCCCCCCCCCCC(=O)O.COc1ccccc1. The number of rotatable bonds is 17. The van der Waals surface area contributed by atoms with E-state index in [-0.39, 0.29) is 0 Å². The third-order valence-corrected chi connectivity index (χ3v) is 4.97. The summed E-state index contributed by atoms with van der Waals surface area (Å²) in [7, 11) is 1.66. The van der Waals surface area contributed by atoms with Crippen LogP contribution in [0.5, 0.6) is 5.75 Å². The molecule has 1 aromatic rings. The molecule has 3 nitrogen and oxygen atoms in total. The molecule has 0 aromatic heterocycles. The van der Waals surface area contributed by atoms with E-state index in [1.165, 1.54) is 83.5 Å². The number of aliphatic carboxylic acids is 1. The zero-order valence-corrected chi connectivity index (χ0v) is 18.5. The zero-order chi connectivity index (χ0) is 20.7. The maximum Gasteiger partial charge on any atom is 0.303 e. The second-order valence-electron chi connectivity index (χ2n) is 7.61. The van der Waals surface area contributed by atoms with Crippen LogP contribution >= 0.6 is 0 Å². The van der Waals surface area contributed by atoms with Crippen molar-refractivity contribution >= 4 is 5.97 Å². The molecule has 0 fully saturated rings. The number of carboxylic acid groups (broad SMARTS) is 1. The quantitative estimate of drug-likeness (QED) is 0.273. The van der Waals surface area contributed by atoms with Crippen LogP contribution in [0, 0.1) is 0 Å². The smallest absolute Gasteiger partial charge is 0.303 e. The van der Waals surface area contributed by atoms with Crippen LogP contribution in [0.15, 0.2) is 30.3 Å². The standard InChI is InChI=1S/C18H36O2.C7H8O/c1-2-3-4-5-6-7-8-9-10-11-12-13-14-15-16-17-18(19)20;1-8-7-5-3-2-4-6-7/h2-17H2,1H3,(H,19,20);2-6H,1H3. The van der Waals surface area contributed by atoms with Crippen LogP contribution in [-0.2, 0) is 4.79 Å². The highest BCUT2D eigenvalue weighted by Gasteiger charge is 1.97. The van der Waals surface area contributed by atoms with E-state index in [0.717, 1.165) is 18.6 Å². The predicted molar refractivity (Wildman–Crippen MR) is 120 cm³/mol. The third-order valence-electron chi connectivity index (χ3n) is 4.97. The first-order valence-corrected chi connectivity index (χ1v) is 11.5. The Balaban J connectivity index is 0.000000749. The molecule has 0 aliphatic rings. The average molecular weight is 393 g/mol. The van der Waals surface area contributed by atoms with Gasteiger partial charge in [-0.15, -0.1) is 0 Å². The summed E-state index contributed by atoms with van der Waals surface area (Å²) in [4.78, 5) is 10.3. The van der Waals surface area contributed by atoms with E-state index in [1.807, 2.05) is 30.3 Å². The highest BCUT2D eigenvalue weighted by Crippen LogP contribution is 2.13. The predicted octanol–water partition coefficient (Wildman–Crippen LogP) is 8.03. The molecule has 0 radical (unpaired) electrons. The summed E-state index contributed by atoms with van der Waals surface area (Å²) in [5.41, 5.74) is 0. The van der Waals surface area contributed by atoms with Crippen molar-refractivity contribution in [1.82, 2.24) is 0 Å². The summed E-state index contributed by atoms with van der Waals surface area (Å²) in [5, 5.41) is 8.52. The van der Waals surface area contributed by atoms with Crippen molar-refractivity contribution < 1.29 is 14.6 Å². The lowest BCUT2D eigenvalue weighted by Crippen LogP contribution is -1.93. The number of carboxylic acids is 1. The van der Waals surface area contributed by atoms with Gasteiger partial charge in [0.2, 0.25) is 0 Å². The van der Waals surface area contributed by atoms with Crippen LogP contribution in [-0.4, -0.2) is 18.2 Å². The Morgan fingerprint density at radius 2 is 1.11 bits per heavy atom. The summed E-state index contributed by atoms with van der Waals surface area (Å²) < 4.78 is 4.91. The molecule has 1 N–H and O–H groups in total. The molecule has 0 saturated carbocycles. The first kappa shape index (κ1) is 26.5. The Labute approximate surface area is 173 Å². The van der Waals surface area contributed by atoms with E-state index in [1.54, 1.807) is 7.11 Å². The molecule has 0 heterocycles. The van der Waals surface area contributed by atoms with Crippen LogP contribution in [0.2, 0.25) is 0 Å². The van der Waals surface area contributed by atoms with Crippen molar-refractivity contribution in [1.29, 1.82) is 0 Å². The monoisotopic (exact) mass is 392 g/mol. The maximum absolute atomic E-state index is 10.3. The van der Waals surface area contributed by atoms with Gasteiger partial charge in [-0.2, -0.15) is 0 Å². The van der Waals surface area contributed by atoms with E-state index in [2.05, 4.69) is 6.92 Å². The number of para-hydroxylation sites is 1. The average Bonchev–Trinajstić information content (AvgIpc) is 2.72. The minimum atomic E-state index is -0.653. The van der Waals surface area contributed by atoms with Crippen LogP contribution < -0.4 is 4.74 Å². The number of hydrogen-bond donors (Lipinski definition) is 1. The van der Waals surface area contributed by atoms with Crippen molar-refractivity contribution in [3.63, 3.8) is 0 Å². The summed E-state index contributed by atoms with van der Waals surface area (Å²) >= 11 is 0. The number of benzene rings is 1. The molecule has 0 unspecified atom stereocenters. The molecular weight excluding hydrogens is 348 g/mol. The Kier molecular flexibility index (Phi) is 20.6. The molecule has 162 valence electrons. The van der Waals surface area contributed by atoms with Crippen molar-refractivity contribution in [3.8, 4) is 5.75 Å². The second kappa shape index (κ2) is 21.8. The number of carbonyl (C=O) groups is 1. The van der Waals surface area contributed by atoms with Crippen molar-refractivity contribution in [2.45, 2.75) is 110 Å². The first-order valence-electron chi connectivity index (χ1n) is 11.5. The lowest BCUT2D eigenvalue weighted by atomic mass is 10.0. The molecule has 3 heteroatoms. The number of methoxy groups -OCH3 is 1. The van der Waals surface area contributed by atoms with Gasteiger partial charge >= 0.3 is 5.97 Å². The Hall–Kier alpha value is -1.51. The normalized spacial score (nSPS) is 10.2. The number of ether oxygens (including phenoxy) is 1. The minimum Gasteiger partial charge on any atom is -0.497 e. The van der Waals surface area contributed by atoms with Crippen LogP contribution in [0.3, 0.4) is 0 Å². The Morgan fingerprint density at radius 1 is 0.714 bits per heavy atom. The molecule has 0 amide bonds. The van der Waals surface area contributed by atoms with E-state index in [9.17, 15) is 4.79 Å². The van der Waals surface area contributed by atoms with Gasteiger partial charge in [0.05, 0.1) is 7.11 Å². The zero-order valence-electron chi connectivity index (χ0n) is 18.5. The van der Waals surface area contributed by atoms with Gasteiger partial charge in [-0.05, 0) is 18.6 Å². The molecule has 0 aliphatic heterocycles. The molecule has 1 rings (SSSR count). The van der Waals surface area contributed by atoms with Crippen LogP contribution in [0.1, 0.15) is 110 Å². The van der Waals surface area contributed by atoms with Crippen molar-refractivity contribution in [2.24, 2.45) is 0 Å². The molecular formula is C25H44O3. The van der Waals surface area contributed by atoms with E-state index < -0.39 is 5.97 Å². The molecule has 0 spiro atoms. The van der Waals surface area contributed by atoms with E-state index >= 15 is 0 Å².